The Labute approximate surface area is 105 Å². The molecule has 3 heteroatoms. The van der Waals surface area contributed by atoms with E-state index < -0.39 is 0 Å². The molecule has 1 rings (SSSR count). The summed E-state index contributed by atoms with van der Waals surface area (Å²) in [4.78, 5) is 4.45. The molecule has 1 heterocycles. The first-order chi connectivity index (χ1) is 8.27. The molecule has 0 atom stereocenters. The quantitative estimate of drug-likeness (QED) is 0.704. The molecular weight excluding hydrogens is 212 g/mol. The molecule has 0 aromatic carbocycles. The topological polar surface area (TPSA) is 34.1 Å². The largest absolute Gasteiger partial charge is 0.380 e. The number of aromatic nitrogens is 1. The van der Waals surface area contributed by atoms with E-state index in [9.17, 15) is 0 Å². The van der Waals surface area contributed by atoms with Crippen molar-refractivity contribution >= 4 is 0 Å². The first kappa shape index (κ1) is 14.1. The minimum Gasteiger partial charge on any atom is -0.380 e. The fourth-order valence-corrected chi connectivity index (χ4v) is 1.75. The average molecular weight is 236 g/mol. The van der Waals surface area contributed by atoms with Gasteiger partial charge in [0, 0.05) is 31.6 Å². The SMILES string of the molecule is CCCOCCNCc1cnc(CC)c(C)c1. The van der Waals surface area contributed by atoms with Gasteiger partial charge >= 0.3 is 0 Å². The number of hydrogen-bond acceptors (Lipinski definition) is 3. The number of aryl methyl sites for hydroxylation is 2. The van der Waals surface area contributed by atoms with E-state index in [2.05, 4.69) is 37.1 Å². The molecule has 0 radical (unpaired) electrons. The molecule has 0 aliphatic heterocycles. The van der Waals surface area contributed by atoms with E-state index in [1.807, 2.05) is 6.20 Å². The molecule has 3 nitrogen and oxygen atoms in total. The Morgan fingerprint density at radius 2 is 2.12 bits per heavy atom. The summed E-state index contributed by atoms with van der Waals surface area (Å²) in [6, 6.07) is 2.21. The molecular formula is C14H24N2O. The Hall–Kier alpha value is -0.930. The zero-order valence-corrected chi connectivity index (χ0v) is 11.3. The van der Waals surface area contributed by atoms with Crippen LogP contribution in [0.15, 0.2) is 12.3 Å². The van der Waals surface area contributed by atoms with Crippen molar-refractivity contribution in [1.29, 1.82) is 0 Å². The molecule has 0 fully saturated rings. The van der Waals surface area contributed by atoms with E-state index in [4.69, 9.17) is 4.74 Å². The van der Waals surface area contributed by atoms with Crippen molar-refractivity contribution < 1.29 is 4.74 Å². The fraction of sp³-hybridized carbons (Fsp3) is 0.643. The van der Waals surface area contributed by atoms with Crippen LogP contribution in [0.25, 0.3) is 0 Å². The van der Waals surface area contributed by atoms with Gasteiger partial charge in [0.25, 0.3) is 0 Å². The lowest BCUT2D eigenvalue weighted by Crippen LogP contribution is -2.19. The Bertz CT molecular complexity index is 326. The van der Waals surface area contributed by atoms with E-state index in [-0.39, 0.29) is 0 Å². The summed E-state index contributed by atoms with van der Waals surface area (Å²) in [5.74, 6) is 0. The van der Waals surface area contributed by atoms with E-state index in [1.165, 1.54) is 16.8 Å². The lowest BCUT2D eigenvalue weighted by molar-refractivity contribution is 0.136. The second-order valence-electron chi connectivity index (χ2n) is 4.25. The third-order valence-electron chi connectivity index (χ3n) is 2.68. The van der Waals surface area contributed by atoms with Gasteiger partial charge in [-0.1, -0.05) is 19.9 Å². The summed E-state index contributed by atoms with van der Waals surface area (Å²) < 4.78 is 5.40. The Balaban J connectivity index is 2.25. The predicted molar refractivity (Wildman–Crippen MR) is 71.2 cm³/mol. The van der Waals surface area contributed by atoms with Crippen molar-refractivity contribution in [3.8, 4) is 0 Å². The molecule has 0 saturated carbocycles. The zero-order valence-electron chi connectivity index (χ0n) is 11.3. The highest BCUT2D eigenvalue weighted by atomic mass is 16.5. The molecule has 0 aliphatic carbocycles. The summed E-state index contributed by atoms with van der Waals surface area (Å²) >= 11 is 0. The molecule has 1 N–H and O–H groups in total. The van der Waals surface area contributed by atoms with Crippen LogP contribution < -0.4 is 5.32 Å². The number of ether oxygens (including phenoxy) is 1. The van der Waals surface area contributed by atoms with Gasteiger partial charge in [-0.15, -0.1) is 0 Å². The van der Waals surface area contributed by atoms with Crippen molar-refractivity contribution in [2.24, 2.45) is 0 Å². The minimum absolute atomic E-state index is 0.785. The van der Waals surface area contributed by atoms with Gasteiger partial charge in [-0.3, -0.25) is 4.98 Å². The van der Waals surface area contributed by atoms with Crippen LogP contribution in [0.1, 0.15) is 37.1 Å². The second-order valence-corrected chi connectivity index (χ2v) is 4.25. The van der Waals surface area contributed by atoms with Crippen LogP contribution in [0.4, 0.5) is 0 Å². The van der Waals surface area contributed by atoms with E-state index >= 15 is 0 Å². The van der Waals surface area contributed by atoms with Crippen molar-refractivity contribution in [2.75, 3.05) is 19.8 Å². The smallest absolute Gasteiger partial charge is 0.0591 e. The third kappa shape index (κ3) is 5.29. The van der Waals surface area contributed by atoms with Gasteiger partial charge in [-0.05, 0) is 30.9 Å². The second kappa shape index (κ2) is 8.20. The first-order valence-corrected chi connectivity index (χ1v) is 6.50. The van der Waals surface area contributed by atoms with Gasteiger partial charge in [-0.2, -0.15) is 0 Å². The standard InChI is InChI=1S/C14H24N2O/c1-4-7-17-8-6-15-10-13-9-12(3)14(5-2)16-11-13/h9,11,15H,4-8,10H2,1-3H3. The molecule has 1 aromatic rings. The highest BCUT2D eigenvalue weighted by Gasteiger charge is 1.99. The summed E-state index contributed by atoms with van der Waals surface area (Å²) in [5.41, 5.74) is 3.73. The number of nitrogens with one attached hydrogen (secondary N) is 1. The van der Waals surface area contributed by atoms with Gasteiger partial charge < -0.3 is 10.1 Å². The van der Waals surface area contributed by atoms with Crippen LogP contribution in [-0.2, 0) is 17.7 Å². The number of pyridine rings is 1. The van der Waals surface area contributed by atoms with E-state index in [1.54, 1.807) is 0 Å². The van der Waals surface area contributed by atoms with Crippen molar-refractivity contribution in [3.05, 3.63) is 29.1 Å². The van der Waals surface area contributed by atoms with Crippen LogP contribution in [0, 0.1) is 6.92 Å². The highest BCUT2D eigenvalue weighted by molar-refractivity contribution is 5.23. The number of hydrogen-bond donors (Lipinski definition) is 1. The molecule has 0 bridgehead atoms. The van der Waals surface area contributed by atoms with Gasteiger partial charge in [0.15, 0.2) is 0 Å². The van der Waals surface area contributed by atoms with Gasteiger partial charge in [0.05, 0.1) is 6.61 Å². The maximum Gasteiger partial charge on any atom is 0.0591 e. The predicted octanol–water partition coefficient (Wildman–Crippen LogP) is 2.47. The van der Waals surface area contributed by atoms with E-state index in [0.29, 0.717) is 0 Å². The number of rotatable bonds is 8. The lowest BCUT2D eigenvalue weighted by atomic mass is 10.1. The molecule has 0 saturated heterocycles. The number of nitrogens with zero attached hydrogens (tertiary/aromatic N) is 1. The molecule has 0 unspecified atom stereocenters. The molecule has 0 spiro atoms. The maximum absolute atomic E-state index is 5.40. The molecule has 17 heavy (non-hydrogen) atoms. The van der Waals surface area contributed by atoms with Crippen LogP contribution in [0.3, 0.4) is 0 Å². The molecule has 96 valence electrons. The highest BCUT2D eigenvalue weighted by Crippen LogP contribution is 2.07. The van der Waals surface area contributed by atoms with Crippen LogP contribution in [-0.4, -0.2) is 24.7 Å². The fourth-order valence-electron chi connectivity index (χ4n) is 1.75. The third-order valence-corrected chi connectivity index (χ3v) is 2.68. The zero-order chi connectivity index (χ0) is 12.5. The van der Waals surface area contributed by atoms with E-state index in [0.717, 1.165) is 39.1 Å². The molecule has 1 aromatic heterocycles. The summed E-state index contributed by atoms with van der Waals surface area (Å²) in [7, 11) is 0. The summed E-state index contributed by atoms with van der Waals surface area (Å²) in [6.07, 6.45) is 4.05. The van der Waals surface area contributed by atoms with Gasteiger partial charge in [0.2, 0.25) is 0 Å². The van der Waals surface area contributed by atoms with Crippen LogP contribution in [0.5, 0.6) is 0 Å². The Morgan fingerprint density at radius 1 is 1.29 bits per heavy atom. The van der Waals surface area contributed by atoms with Crippen molar-refractivity contribution in [2.45, 2.75) is 40.2 Å². The lowest BCUT2D eigenvalue weighted by Gasteiger charge is -2.08. The first-order valence-electron chi connectivity index (χ1n) is 6.50. The minimum atomic E-state index is 0.785. The molecule has 0 amide bonds. The summed E-state index contributed by atoms with van der Waals surface area (Å²) in [5, 5.41) is 3.36. The van der Waals surface area contributed by atoms with Crippen LogP contribution >= 0.6 is 0 Å². The normalized spacial score (nSPS) is 10.8. The monoisotopic (exact) mass is 236 g/mol. The van der Waals surface area contributed by atoms with Crippen molar-refractivity contribution in [3.63, 3.8) is 0 Å². The van der Waals surface area contributed by atoms with Gasteiger partial charge in [0.1, 0.15) is 0 Å². The van der Waals surface area contributed by atoms with Gasteiger partial charge in [-0.25, -0.2) is 0 Å². The Morgan fingerprint density at radius 3 is 2.76 bits per heavy atom. The van der Waals surface area contributed by atoms with Crippen LogP contribution in [0.2, 0.25) is 0 Å². The van der Waals surface area contributed by atoms with Crippen molar-refractivity contribution in [1.82, 2.24) is 10.3 Å². The maximum atomic E-state index is 5.40. The Kier molecular flexibility index (Phi) is 6.82. The summed E-state index contributed by atoms with van der Waals surface area (Å²) in [6.45, 7) is 9.79. The molecule has 0 aliphatic rings. The average Bonchev–Trinajstić information content (AvgIpc) is 2.34.